The highest BCUT2D eigenvalue weighted by Gasteiger charge is 2.27. The summed E-state index contributed by atoms with van der Waals surface area (Å²) in [7, 11) is 0. The first-order chi connectivity index (χ1) is 18.7. The molecule has 2 heterocycles. The predicted molar refractivity (Wildman–Crippen MR) is 155 cm³/mol. The van der Waals surface area contributed by atoms with E-state index in [0.717, 1.165) is 64.7 Å². The molecular weight excluding hydrogens is 488 g/mol. The molecule has 0 bridgehead atoms. The number of hydrogen-bond acceptors (Lipinski definition) is 4. The summed E-state index contributed by atoms with van der Waals surface area (Å²) in [6, 6.07) is 18.6. The first-order valence-corrected chi connectivity index (χ1v) is 14.6. The number of thiophene rings is 1. The van der Waals surface area contributed by atoms with Crippen molar-refractivity contribution in [2.24, 2.45) is 4.99 Å². The molecule has 0 saturated heterocycles. The van der Waals surface area contributed by atoms with Gasteiger partial charge in [0, 0.05) is 46.3 Å². The highest BCUT2D eigenvalue weighted by Crippen LogP contribution is 2.40. The molecule has 1 amide bonds. The number of benzene rings is 2. The lowest BCUT2D eigenvalue weighted by molar-refractivity contribution is 0.0927. The fraction of sp³-hybridized carbons (Fsp3) is 0.344. The van der Waals surface area contributed by atoms with E-state index in [-0.39, 0.29) is 11.9 Å². The van der Waals surface area contributed by atoms with Crippen LogP contribution < -0.4 is 5.32 Å². The molecule has 2 aromatic carbocycles. The molecule has 2 aromatic heterocycles. The maximum absolute atomic E-state index is 13.5. The minimum atomic E-state index is 0.0618. The Labute approximate surface area is 227 Å². The molecule has 0 spiro atoms. The van der Waals surface area contributed by atoms with Crippen LogP contribution in [0.2, 0.25) is 0 Å². The van der Waals surface area contributed by atoms with Gasteiger partial charge in [-0.2, -0.15) is 5.26 Å². The van der Waals surface area contributed by atoms with Crippen LogP contribution in [0.1, 0.15) is 82.4 Å². The van der Waals surface area contributed by atoms with Gasteiger partial charge in [0.2, 0.25) is 0 Å². The largest absolute Gasteiger partial charge is 0.349 e. The third kappa shape index (κ3) is 5.04. The van der Waals surface area contributed by atoms with Crippen molar-refractivity contribution in [2.75, 3.05) is 0 Å². The van der Waals surface area contributed by atoms with Gasteiger partial charge in [0.05, 0.1) is 17.2 Å². The van der Waals surface area contributed by atoms with Crippen LogP contribution in [0, 0.1) is 11.3 Å². The summed E-state index contributed by atoms with van der Waals surface area (Å²) >= 11 is 1.70. The molecule has 1 N–H and O–H groups in total. The molecule has 2 aliphatic rings. The smallest absolute Gasteiger partial charge is 0.254 e. The second-order valence-corrected chi connectivity index (χ2v) is 11.6. The normalized spacial score (nSPS) is 16.0. The van der Waals surface area contributed by atoms with E-state index in [1.165, 1.54) is 36.1 Å². The molecule has 0 unspecified atom stereocenters. The fourth-order valence-electron chi connectivity index (χ4n) is 5.90. The zero-order valence-electron chi connectivity index (χ0n) is 21.6. The maximum atomic E-state index is 13.5. The number of carbonyl (C=O) groups excluding carboxylic acids is 1. The molecule has 1 fully saturated rings. The van der Waals surface area contributed by atoms with Crippen LogP contribution >= 0.6 is 11.3 Å². The number of rotatable bonds is 6. The van der Waals surface area contributed by atoms with E-state index in [4.69, 9.17) is 10.3 Å². The van der Waals surface area contributed by atoms with E-state index >= 15 is 0 Å². The Balaban J connectivity index is 1.32. The Morgan fingerprint density at radius 1 is 1.05 bits per heavy atom. The maximum Gasteiger partial charge on any atom is 0.254 e. The lowest BCUT2D eigenvalue weighted by Crippen LogP contribution is -2.36. The van der Waals surface area contributed by atoms with Crippen molar-refractivity contribution in [1.29, 1.82) is 5.26 Å². The van der Waals surface area contributed by atoms with Crippen LogP contribution in [-0.4, -0.2) is 22.7 Å². The molecule has 6 rings (SSSR count). The summed E-state index contributed by atoms with van der Waals surface area (Å²) in [5.74, 6) is 0.0618. The van der Waals surface area contributed by atoms with E-state index in [1.807, 2.05) is 30.5 Å². The van der Waals surface area contributed by atoms with Crippen LogP contribution in [0.5, 0.6) is 0 Å². The molecular formula is C32H32N4OS. The van der Waals surface area contributed by atoms with E-state index in [9.17, 15) is 4.79 Å². The lowest BCUT2D eigenvalue weighted by atomic mass is 9.93. The fourth-order valence-corrected chi connectivity index (χ4v) is 7.13. The summed E-state index contributed by atoms with van der Waals surface area (Å²) in [6.45, 7) is 0.711. The third-order valence-electron chi connectivity index (χ3n) is 7.90. The number of fused-ring (bicyclic) bond motifs is 2. The van der Waals surface area contributed by atoms with Crippen LogP contribution in [0.3, 0.4) is 0 Å². The molecule has 4 aromatic rings. The van der Waals surface area contributed by atoms with Crippen LogP contribution in [0.4, 0.5) is 5.00 Å². The first-order valence-electron chi connectivity index (χ1n) is 13.8. The van der Waals surface area contributed by atoms with Crippen molar-refractivity contribution >= 4 is 39.4 Å². The van der Waals surface area contributed by atoms with Crippen LogP contribution in [0.25, 0.3) is 10.9 Å². The standard InChI is InChI=1S/C32H32N4OS/c33-18-22-14-16-23(17-15-22)20-36-21-24(26-10-4-6-12-28(26)36)19-34-32-30(27-11-5-7-13-29(27)38-32)31(37)35-25-8-2-1-3-9-25/h4,6,10,12,14-17,19,21,25H,1-3,5,7-9,11,13,20H2,(H,35,37). The summed E-state index contributed by atoms with van der Waals surface area (Å²) in [4.78, 5) is 19.8. The van der Waals surface area contributed by atoms with Crippen molar-refractivity contribution in [3.8, 4) is 6.07 Å². The zero-order chi connectivity index (χ0) is 25.9. The van der Waals surface area contributed by atoms with Crippen molar-refractivity contribution < 1.29 is 4.79 Å². The van der Waals surface area contributed by atoms with Gasteiger partial charge in [0.1, 0.15) is 5.00 Å². The van der Waals surface area contributed by atoms with E-state index in [0.29, 0.717) is 12.1 Å². The van der Waals surface area contributed by atoms with Gasteiger partial charge in [-0.25, -0.2) is 4.99 Å². The second kappa shape index (κ2) is 11.0. The summed E-state index contributed by atoms with van der Waals surface area (Å²) in [6.07, 6.45) is 14.2. The molecule has 0 aliphatic heterocycles. The van der Waals surface area contributed by atoms with E-state index in [2.05, 4.69) is 46.4 Å². The van der Waals surface area contributed by atoms with Gasteiger partial charge in [-0.3, -0.25) is 4.79 Å². The number of aliphatic imine (C=N–C) groups is 1. The minimum Gasteiger partial charge on any atom is -0.349 e. The Bertz CT molecular complexity index is 1530. The van der Waals surface area contributed by atoms with Gasteiger partial charge in [-0.1, -0.05) is 49.6 Å². The van der Waals surface area contributed by atoms with Crippen molar-refractivity contribution in [1.82, 2.24) is 9.88 Å². The van der Waals surface area contributed by atoms with Gasteiger partial charge < -0.3 is 9.88 Å². The van der Waals surface area contributed by atoms with Gasteiger partial charge in [0.15, 0.2) is 0 Å². The minimum absolute atomic E-state index is 0.0618. The number of carbonyl (C=O) groups is 1. The number of amides is 1. The number of nitriles is 1. The van der Waals surface area contributed by atoms with Crippen LogP contribution in [0.15, 0.2) is 59.7 Å². The monoisotopic (exact) mass is 520 g/mol. The molecule has 38 heavy (non-hydrogen) atoms. The molecule has 192 valence electrons. The number of aromatic nitrogens is 1. The Kier molecular flexibility index (Phi) is 7.11. The molecule has 2 aliphatic carbocycles. The Morgan fingerprint density at radius 3 is 2.66 bits per heavy atom. The van der Waals surface area contributed by atoms with Gasteiger partial charge >= 0.3 is 0 Å². The Hall–Kier alpha value is -3.69. The molecule has 6 heteroatoms. The summed E-state index contributed by atoms with van der Waals surface area (Å²) in [5, 5.41) is 14.4. The van der Waals surface area contributed by atoms with Crippen molar-refractivity contribution in [3.05, 3.63) is 87.4 Å². The van der Waals surface area contributed by atoms with Crippen molar-refractivity contribution in [3.63, 3.8) is 0 Å². The first kappa shape index (κ1) is 24.6. The number of nitrogens with one attached hydrogen (secondary N) is 1. The molecule has 0 atom stereocenters. The highest BCUT2D eigenvalue weighted by molar-refractivity contribution is 7.16. The number of para-hydroxylation sites is 1. The SMILES string of the molecule is N#Cc1ccc(Cn2cc(C=Nc3sc4c(c3C(=O)NC3CCCCC3)CCCC4)c3ccccc32)cc1. The van der Waals surface area contributed by atoms with Crippen molar-refractivity contribution in [2.45, 2.75) is 70.4 Å². The number of aryl methyl sites for hydroxylation is 1. The number of nitrogens with zero attached hydrogens (tertiary/aromatic N) is 3. The molecule has 0 radical (unpaired) electrons. The zero-order valence-corrected chi connectivity index (χ0v) is 22.4. The van der Waals surface area contributed by atoms with E-state index in [1.54, 1.807) is 11.3 Å². The number of hydrogen-bond donors (Lipinski definition) is 1. The van der Waals surface area contributed by atoms with Gasteiger partial charge in [0.25, 0.3) is 5.91 Å². The predicted octanol–water partition coefficient (Wildman–Crippen LogP) is 7.31. The van der Waals surface area contributed by atoms with Gasteiger partial charge in [-0.15, -0.1) is 11.3 Å². The van der Waals surface area contributed by atoms with E-state index < -0.39 is 0 Å². The summed E-state index contributed by atoms with van der Waals surface area (Å²) in [5.41, 5.74) is 6.03. The quantitative estimate of drug-likeness (QED) is 0.271. The van der Waals surface area contributed by atoms with Crippen LogP contribution in [-0.2, 0) is 19.4 Å². The molecule has 5 nitrogen and oxygen atoms in total. The molecule has 1 saturated carbocycles. The highest BCUT2D eigenvalue weighted by atomic mass is 32.1. The summed E-state index contributed by atoms with van der Waals surface area (Å²) < 4.78 is 2.23. The average Bonchev–Trinajstić information content (AvgIpc) is 3.51. The lowest BCUT2D eigenvalue weighted by Gasteiger charge is -2.23. The topological polar surface area (TPSA) is 70.2 Å². The second-order valence-electron chi connectivity index (χ2n) is 10.5. The average molecular weight is 521 g/mol. The van der Waals surface area contributed by atoms with Gasteiger partial charge in [-0.05, 0) is 67.9 Å². The third-order valence-corrected chi connectivity index (χ3v) is 9.10. The Morgan fingerprint density at radius 2 is 1.84 bits per heavy atom.